The van der Waals surface area contributed by atoms with Crippen LogP contribution >= 0.6 is 11.3 Å². The third-order valence-electron chi connectivity index (χ3n) is 5.97. The topological polar surface area (TPSA) is 20.3 Å². The summed E-state index contributed by atoms with van der Waals surface area (Å²) in [7, 11) is 3.81. The van der Waals surface area contributed by atoms with Gasteiger partial charge in [0.25, 0.3) is 0 Å². The molecule has 122 valence electrons. The average Bonchev–Trinajstić information content (AvgIpc) is 3.25. The SMILES string of the molecule is CCc1cc2cc([C@H]3[C@@H]4CC[C@@H](C4)[C@H]3C(=O)N(C)C)ccc2s1. The fraction of sp³-hybridized carbons (Fsp3) is 0.550. The monoisotopic (exact) mass is 327 g/mol. The highest BCUT2D eigenvalue weighted by Crippen LogP contribution is 2.57. The van der Waals surface area contributed by atoms with Crippen molar-refractivity contribution in [3.8, 4) is 0 Å². The van der Waals surface area contributed by atoms with Crippen molar-refractivity contribution < 1.29 is 4.79 Å². The summed E-state index contributed by atoms with van der Waals surface area (Å²) in [4.78, 5) is 16.0. The number of carbonyl (C=O) groups is 1. The van der Waals surface area contributed by atoms with E-state index in [1.165, 1.54) is 39.8 Å². The van der Waals surface area contributed by atoms with Gasteiger partial charge in [-0.1, -0.05) is 13.0 Å². The summed E-state index contributed by atoms with van der Waals surface area (Å²) in [6, 6.07) is 9.27. The smallest absolute Gasteiger partial charge is 0.226 e. The molecule has 3 heteroatoms. The van der Waals surface area contributed by atoms with E-state index in [2.05, 4.69) is 31.2 Å². The molecule has 4 atom stereocenters. The van der Waals surface area contributed by atoms with Crippen LogP contribution in [0.3, 0.4) is 0 Å². The molecule has 2 aliphatic rings. The molecule has 2 saturated carbocycles. The lowest BCUT2D eigenvalue weighted by molar-refractivity contribution is -0.135. The molecule has 2 aliphatic carbocycles. The minimum absolute atomic E-state index is 0.200. The van der Waals surface area contributed by atoms with Crippen LogP contribution in [0.25, 0.3) is 10.1 Å². The zero-order valence-electron chi connectivity index (χ0n) is 14.2. The maximum Gasteiger partial charge on any atom is 0.226 e. The molecule has 23 heavy (non-hydrogen) atoms. The molecular formula is C20H25NOS. The Morgan fingerprint density at radius 1 is 1.22 bits per heavy atom. The molecule has 0 aliphatic heterocycles. The normalized spacial score (nSPS) is 29.3. The van der Waals surface area contributed by atoms with Crippen molar-refractivity contribution in [1.82, 2.24) is 4.90 Å². The molecule has 0 unspecified atom stereocenters. The molecule has 0 spiro atoms. The highest BCUT2D eigenvalue weighted by atomic mass is 32.1. The van der Waals surface area contributed by atoms with Crippen LogP contribution in [0.15, 0.2) is 24.3 Å². The van der Waals surface area contributed by atoms with E-state index in [-0.39, 0.29) is 5.92 Å². The second-order valence-corrected chi connectivity index (χ2v) is 8.65. The van der Waals surface area contributed by atoms with Crippen LogP contribution in [0.5, 0.6) is 0 Å². The lowest BCUT2D eigenvalue weighted by Crippen LogP contribution is -2.36. The lowest BCUT2D eigenvalue weighted by atomic mass is 9.74. The summed E-state index contributed by atoms with van der Waals surface area (Å²) in [5, 5.41) is 1.36. The fourth-order valence-electron chi connectivity index (χ4n) is 4.92. The Balaban J connectivity index is 1.74. The number of carbonyl (C=O) groups excluding carboxylic acids is 1. The van der Waals surface area contributed by atoms with Gasteiger partial charge in [0, 0.05) is 29.6 Å². The minimum Gasteiger partial charge on any atom is -0.349 e. The Kier molecular flexibility index (Phi) is 3.72. The van der Waals surface area contributed by atoms with E-state index in [4.69, 9.17) is 0 Å². The van der Waals surface area contributed by atoms with Crippen molar-refractivity contribution in [2.75, 3.05) is 14.1 Å². The van der Waals surface area contributed by atoms with Crippen LogP contribution in [-0.2, 0) is 11.2 Å². The van der Waals surface area contributed by atoms with Crippen LogP contribution in [0.1, 0.15) is 42.5 Å². The zero-order chi connectivity index (χ0) is 16.1. The lowest BCUT2D eigenvalue weighted by Gasteiger charge is -2.32. The Morgan fingerprint density at radius 3 is 2.74 bits per heavy atom. The number of rotatable bonds is 3. The highest BCUT2D eigenvalue weighted by Gasteiger charge is 2.51. The Bertz CT molecular complexity index is 747. The van der Waals surface area contributed by atoms with Crippen LogP contribution in [0, 0.1) is 17.8 Å². The summed E-state index contributed by atoms with van der Waals surface area (Å²) < 4.78 is 1.38. The molecule has 1 aromatic carbocycles. The van der Waals surface area contributed by atoms with Gasteiger partial charge >= 0.3 is 0 Å². The van der Waals surface area contributed by atoms with Gasteiger partial charge in [0.15, 0.2) is 0 Å². The van der Waals surface area contributed by atoms with Gasteiger partial charge in [-0.05, 0) is 72.6 Å². The Labute approximate surface area is 142 Å². The summed E-state index contributed by atoms with van der Waals surface area (Å²) >= 11 is 1.90. The third-order valence-corrected chi connectivity index (χ3v) is 7.23. The Hall–Kier alpha value is -1.35. The van der Waals surface area contributed by atoms with Crippen molar-refractivity contribution in [3.63, 3.8) is 0 Å². The van der Waals surface area contributed by atoms with Gasteiger partial charge < -0.3 is 4.90 Å². The van der Waals surface area contributed by atoms with E-state index in [0.717, 1.165) is 6.42 Å². The number of fused-ring (bicyclic) bond motifs is 3. The van der Waals surface area contributed by atoms with E-state index in [1.807, 2.05) is 25.4 Å². The van der Waals surface area contributed by atoms with Crippen molar-refractivity contribution in [2.24, 2.45) is 17.8 Å². The number of aryl methyl sites for hydroxylation is 1. The molecule has 1 aromatic heterocycles. The van der Waals surface area contributed by atoms with Crippen molar-refractivity contribution >= 4 is 27.3 Å². The van der Waals surface area contributed by atoms with Crippen LogP contribution in [0.2, 0.25) is 0 Å². The highest BCUT2D eigenvalue weighted by molar-refractivity contribution is 7.19. The maximum absolute atomic E-state index is 12.8. The number of hydrogen-bond donors (Lipinski definition) is 0. The Morgan fingerprint density at radius 2 is 2.00 bits per heavy atom. The first-order valence-electron chi connectivity index (χ1n) is 8.82. The summed E-state index contributed by atoms with van der Waals surface area (Å²) in [6.45, 7) is 2.22. The summed E-state index contributed by atoms with van der Waals surface area (Å²) in [5.74, 6) is 2.27. The van der Waals surface area contributed by atoms with Crippen LogP contribution in [0.4, 0.5) is 0 Å². The van der Waals surface area contributed by atoms with Gasteiger partial charge in [-0.2, -0.15) is 0 Å². The van der Waals surface area contributed by atoms with Gasteiger partial charge in [0.05, 0.1) is 0 Å². The molecular weight excluding hydrogens is 302 g/mol. The van der Waals surface area contributed by atoms with E-state index in [1.54, 1.807) is 4.90 Å². The maximum atomic E-state index is 12.8. The molecule has 1 heterocycles. The van der Waals surface area contributed by atoms with E-state index in [0.29, 0.717) is 23.7 Å². The first kappa shape index (κ1) is 15.2. The van der Waals surface area contributed by atoms with E-state index >= 15 is 0 Å². The molecule has 1 amide bonds. The summed E-state index contributed by atoms with van der Waals surface area (Å²) in [5.41, 5.74) is 1.39. The third kappa shape index (κ3) is 2.40. The van der Waals surface area contributed by atoms with Gasteiger partial charge in [-0.25, -0.2) is 0 Å². The van der Waals surface area contributed by atoms with Crippen LogP contribution in [-0.4, -0.2) is 24.9 Å². The van der Waals surface area contributed by atoms with Crippen LogP contribution < -0.4 is 0 Å². The van der Waals surface area contributed by atoms with Gasteiger partial charge in [-0.3, -0.25) is 4.79 Å². The molecule has 0 radical (unpaired) electrons. The first-order valence-corrected chi connectivity index (χ1v) is 9.63. The first-order chi connectivity index (χ1) is 11.1. The number of thiophene rings is 1. The quantitative estimate of drug-likeness (QED) is 0.801. The minimum atomic E-state index is 0.200. The fourth-order valence-corrected chi connectivity index (χ4v) is 5.91. The number of hydrogen-bond acceptors (Lipinski definition) is 2. The zero-order valence-corrected chi connectivity index (χ0v) is 15.0. The number of benzene rings is 1. The van der Waals surface area contributed by atoms with Gasteiger partial charge in [0.2, 0.25) is 5.91 Å². The average molecular weight is 327 g/mol. The molecule has 4 rings (SSSR count). The standard InChI is InChI=1S/C20H25NOS/c1-4-16-11-15-10-13(7-8-17(15)23-16)18-12-5-6-14(9-12)19(18)20(22)21(2)3/h7-8,10-12,14,18-19H,4-6,9H2,1-3H3/t12-,14+,18-,19-/m1/s1. The van der Waals surface area contributed by atoms with Gasteiger partial charge in [-0.15, -0.1) is 11.3 Å². The molecule has 2 bridgehead atoms. The molecule has 2 fully saturated rings. The largest absolute Gasteiger partial charge is 0.349 e. The second-order valence-electron chi connectivity index (χ2n) is 7.48. The van der Waals surface area contributed by atoms with Crippen molar-refractivity contribution in [3.05, 3.63) is 34.7 Å². The molecule has 2 nitrogen and oxygen atoms in total. The molecule has 2 aromatic rings. The number of nitrogens with zero attached hydrogens (tertiary/aromatic N) is 1. The van der Waals surface area contributed by atoms with Crippen molar-refractivity contribution in [2.45, 2.75) is 38.5 Å². The van der Waals surface area contributed by atoms with Gasteiger partial charge in [0.1, 0.15) is 0 Å². The van der Waals surface area contributed by atoms with Crippen molar-refractivity contribution in [1.29, 1.82) is 0 Å². The molecule has 0 N–H and O–H groups in total. The molecule has 0 saturated heterocycles. The van der Waals surface area contributed by atoms with E-state index < -0.39 is 0 Å². The predicted octanol–water partition coefficient (Wildman–Crippen LogP) is 4.68. The second kappa shape index (κ2) is 5.62. The number of amides is 1. The summed E-state index contributed by atoms with van der Waals surface area (Å²) in [6.07, 6.45) is 4.89. The van der Waals surface area contributed by atoms with E-state index in [9.17, 15) is 4.79 Å². The predicted molar refractivity (Wildman–Crippen MR) is 97.0 cm³/mol.